The lowest BCUT2D eigenvalue weighted by molar-refractivity contribution is 0.0709. The normalized spacial score (nSPS) is 14.7. The Balaban J connectivity index is 0.000000755. The number of nitrogens with zero attached hydrogens (tertiary/aromatic N) is 2. The summed E-state index contributed by atoms with van der Waals surface area (Å²) in [5, 5.41) is 0.718. The number of aryl methyl sites for hydroxylation is 2. The molecule has 1 atom stereocenters. The van der Waals surface area contributed by atoms with E-state index < -0.39 is 6.43 Å². The second-order valence-corrected chi connectivity index (χ2v) is 13.2. The number of amides is 1. The smallest absolute Gasteiger partial charge is 0.253 e. The van der Waals surface area contributed by atoms with Gasteiger partial charge >= 0.3 is 0 Å². The molecule has 1 amide bonds. The van der Waals surface area contributed by atoms with Crippen LogP contribution in [0.1, 0.15) is 107 Å². The van der Waals surface area contributed by atoms with Crippen LogP contribution in [0.25, 0.3) is 5.57 Å². The molecule has 4 rings (SSSR count). The lowest BCUT2D eigenvalue weighted by Crippen LogP contribution is -2.41. The Kier molecular flexibility index (Phi) is 17.1. The van der Waals surface area contributed by atoms with Gasteiger partial charge in [-0.2, -0.15) is 0 Å². The fraction of sp³-hybridized carbons (Fsp3) is 0.463. The van der Waals surface area contributed by atoms with Crippen LogP contribution in [0.5, 0.6) is 0 Å². The molecule has 0 radical (unpaired) electrons. The van der Waals surface area contributed by atoms with Crippen molar-refractivity contribution in [3.05, 3.63) is 106 Å². The number of para-hydroxylation sites is 1. The van der Waals surface area contributed by atoms with Crippen LogP contribution in [0.3, 0.4) is 0 Å². The fourth-order valence-electron chi connectivity index (χ4n) is 5.43. The van der Waals surface area contributed by atoms with Gasteiger partial charge in [-0.25, -0.2) is 8.78 Å². The van der Waals surface area contributed by atoms with Gasteiger partial charge in [-0.05, 0) is 117 Å². The monoisotopic (exact) mass is 664 g/mol. The van der Waals surface area contributed by atoms with Gasteiger partial charge in [-0.3, -0.25) is 9.79 Å². The third-order valence-electron chi connectivity index (χ3n) is 8.69. The van der Waals surface area contributed by atoms with Crippen molar-refractivity contribution in [2.75, 3.05) is 13.1 Å². The van der Waals surface area contributed by atoms with Crippen LogP contribution >= 0.6 is 11.6 Å². The Morgan fingerprint density at radius 1 is 0.894 bits per heavy atom. The first-order chi connectivity index (χ1) is 22.3. The summed E-state index contributed by atoms with van der Waals surface area (Å²) in [7, 11) is 0. The molecule has 1 saturated heterocycles. The minimum Gasteiger partial charge on any atom is -0.339 e. The van der Waals surface area contributed by atoms with Gasteiger partial charge in [-0.15, -0.1) is 0 Å². The predicted octanol–water partition coefficient (Wildman–Crippen LogP) is 12.4. The highest BCUT2D eigenvalue weighted by molar-refractivity contribution is 6.30. The molecular formula is C41H55ClF2N2O. The Bertz CT molecular complexity index is 1470. The highest BCUT2D eigenvalue weighted by Gasteiger charge is 2.29. The highest BCUT2D eigenvalue weighted by atomic mass is 35.5. The molecule has 0 spiro atoms. The van der Waals surface area contributed by atoms with Crippen LogP contribution in [0.15, 0.2) is 77.8 Å². The molecule has 0 N–H and O–H groups in total. The maximum Gasteiger partial charge on any atom is 0.253 e. The third-order valence-corrected chi connectivity index (χ3v) is 8.92. The SMILES string of the molecule is C/C=C(/c1cccc(Cl)c1)c1ccc(C(=O)N2CCC(C(=Nc3ccccc3C)C(C)CC)CC2)cc1C.CC(F)F.CCC(C)C. The molecule has 256 valence electrons. The summed E-state index contributed by atoms with van der Waals surface area (Å²) in [4.78, 5) is 20.7. The van der Waals surface area contributed by atoms with Crippen molar-refractivity contribution in [2.24, 2.45) is 22.7 Å². The molecule has 3 nitrogen and oxygen atoms in total. The average Bonchev–Trinajstić information content (AvgIpc) is 3.05. The molecule has 1 fully saturated rings. The largest absolute Gasteiger partial charge is 0.339 e. The van der Waals surface area contributed by atoms with Gasteiger partial charge in [0.05, 0.1) is 5.69 Å². The molecule has 0 bridgehead atoms. The number of allylic oxidation sites excluding steroid dienone is 1. The molecule has 1 aliphatic heterocycles. The van der Waals surface area contributed by atoms with Crippen LogP contribution in [0, 0.1) is 31.6 Å². The van der Waals surface area contributed by atoms with Gasteiger partial charge in [0.1, 0.15) is 0 Å². The van der Waals surface area contributed by atoms with E-state index in [0.717, 1.165) is 83.7 Å². The summed E-state index contributed by atoms with van der Waals surface area (Å²) < 4.78 is 20.7. The third kappa shape index (κ3) is 12.7. The number of likely N-dealkylation sites (tertiary alicyclic amines) is 1. The zero-order valence-electron chi connectivity index (χ0n) is 29.9. The van der Waals surface area contributed by atoms with E-state index >= 15 is 0 Å². The molecule has 0 aromatic heterocycles. The van der Waals surface area contributed by atoms with Crippen molar-refractivity contribution in [1.82, 2.24) is 4.90 Å². The van der Waals surface area contributed by atoms with Crippen LogP contribution < -0.4 is 0 Å². The highest BCUT2D eigenvalue weighted by Crippen LogP contribution is 2.31. The zero-order valence-corrected chi connectivity index (χ0v) is 30.7. The standard InChI is InChI=1S/C34H39ClN2O.C5H12.C2H4F2/c1-6-23(3)33(36-32-14-9-8-11-24(32)4)26-17-19-37(20-18-26)34(38)28-15-16-31(25(5)21-28)30(7-2)27-12-10-13-29(35)22-27;1-4-5(2)3;1-2(3)4/h7-16,21-23,26H,6,17-20H2,1-5H3;5H,4H2,1-3H3;2H,1H3/b30-7-,36-33?;;. The van der Waals surface area contributed by atoms with E-state index in [4.69, 9.17) is 16.6 Å². The Hall–Kier alpha value is -3.31. The van der Waals surface area contributed by atoms with Gasteiger partial charge in [0.2, 0.25) is 6.43 Å². The van der Waals surface area contributed by atoms with Gasteiger partial charge in [-0.1, -0.05) is 95.1 Å². The minimum atomic E-state index is -2.17. The van der Waals surface area contributed by atoms with Crippen molar-refractivity contribution < 1.29 is 13.6 Å². The molecule has 0 saturated carbocycles. The van der Waals surface area contributed by atoms with Gasteiger partial charge in [0.25, 0.3) is 5.91 Å². The molecule has 3 aromatic rings. The topological polar surface area (TPSA) is 32.7 Å². The number of rotatable bonds is 8. The lowest BCUT2D eigenvalue weighted by Gasteiger charge is -2.34. The summed E-state index contributed by atoms with van der Waals surface area (Å²) in [6.45, 7) is 19.7. The van der Waals surface area contributed by atoms with Crippen LogP contribution in [-0.4, -0.2) is 36.0 Å². The number of piperidine rings is 1. The first kappa shape index (κ1) is 39.9. The number of benzene rings is 3. The van der Waals surface area contributed by atoms with Gasteiger partial charge in [0.15, 0.2) is 0 Å². The van der Waals surface area contributed by atoms with Gasteiger partial charge < -0.3 is 4.90 Å². The number of alkyl halides is 2. The minimum absolute atomic E-state index is 0.115. The Morgan fingerprint density at radius 3 is 2.02 bits per heavy atom. The molecule has 3 aromatic carbocycles. The number of aliphatic imine (C=N–C) groups is 1. The second kappa shape index (κ2) is 20.1. The van der Waals surface area contributed by atoms with E-state index in [1.54, 1.807) is 0 Å². The van der Waals surface area contributed by atoms with E-state index in [1.165, 1.54) is 17.7 Å². The van der Waals surface area contributed by atoms with E-state index in [-0.39, 0.29) is 5.91 Å². The van der Waals surface area contributed by atoms with Crippen LogP contribution in [0.2, 0.25) is 5.02 Å². The number of hydrogen-bond acceptors (Lipinski definition) is 2. The average molecular weight is 665 g/mol. The predicted molar refractivity (Wildman–Crippen MR) is 199 cm³/mol. The molecule has 6 heteroatoms. The second-order valence-electron chi connectivity index (χ2n) is 12.8. The molecular weight excluding hydrogens is 610 g/mol. The van der Waals surface area contributed by atoms with E-state index in [1.807, 2.05) is 42.2 Å². The maximum absolute atomic E-state index is 13.5. The van der Waals surface area contributed by atoms with Crippen molar-refractivity contribution in [3.8, 4) is 0 Å². The molecule has 1 heterocycles. The molecule has 0 aliphatic carbocycles. The number of carbonyl (C=O) groups excluding carboxylic acids is 1. The Morgan fingerprint density at radius 2 is 1.51 bits per heavy atom. The molecule has 1 unspecified atom stereocenters. The van der Waals surface area contributed by atoms with Crippen molar-refractivity contribution in [3.63, 3.8) is 0 Å². The van der Waals surface area contributed by atoms with Crippen LogP contribution in [-0.2, 0) is 0 Å². The zero-order chi connectivity index (χ0) is 35.1. The summed E-state index contributed by atoms with van der Waals surface area (Å²) in [6, 6.07) is 22.3. The van der Waals surface area contributed by atoms with E-state index in [0.29, 0.717) is 11.8 Å². The van der Waals surface area contributed by atoms with Crippen molar-refractivity contribution >= 4 is 34.5 Å². The lowest BCUT2D eigenvalue weighted by atomic mass is 9.84. The number of halogens is 3. The maximum atomic E-state index is 13.5. The van der Waals surface area contributed by atoms with Crippen molar-refractivity contribution in [2.45, 2.75) is 94.4 Å². The summed E-state index contributed by atoms with van der Waals surface area (Å²) in [5.41, 5.74) is 8.71. The quantitative estimate of drug-likeness (QED) is 0.221. The van der Waals surface area contributed by atoms with E-state index in [9.17, 15) is 13.6 Å². The summed E-state index contributed by atoms with van der Waals surface area (Å²) >= 11 is 6.24. The summed E-state index contributed by atoms with van der Waals surface area (Å²) in [6.07, 6.45) is 4.22. The van der Waals surface area contributed by atoms with E-state index in [2.05, 4.69) is 90.9 Å². The number of hydrogen-bond donors (Lipinski definition) is 0. The first-order valence-corrected chi connectivity index (χ1v) is 17.4. The molecule has 1 aliphatic rings. The Labute approximate surface area is 288 Å². The molecule has 47 heavy (non-hydrogen) atoms. The number of carbonyl (C=O) groups is 1. The van der Waals surface area contributed by atoms with Crippen molar-refractivity contribution in [1.29, 1.82) is 0 Å². The fourth-order valence-corrected chi connectivity index (χ4v) is 5.62. The van der Waals surface area contributed by atoms with Gasteiger partial charge in [0, 0.05) is 35.3 Å². The summed E-state index contributed by atoms with van der Waals surface area (Å²) in [5.74, 6) is 1.84. The van der Waals surface area contributed by atoms with Crippen LogP contribution in [0.4, 0.5) is 14.5 Å². The first-order valence-electron chi connectivity index (χ1n) is 17.1.